The van der Waals surface area contributed by atoms with Crippen molar-refractivity contribution >= 4 is 33.0 Å². The number of benzene rings is 1. The highest BCUT2D eigenvalue weighted by Crippen LogP contribution is 2.30. The molecule has 130 valence electrons. The fraction of sp³-hybridized carbons (Fsp3) is 0.353. The normalized spacial score (nSPS) is 11.4. The van der Waals surface area contributed by atoms with E-state index in [0.29, 0.717) is 22.0 Å². The van der Waals surface area contributed by atoms with Gasteiger partial charge in [0.2, 0.25) is 0 Å². The molecule has 24 heavy (non-hydrogen) atoms. The van der Waals surface area contributed by atoms with Gasteiger partial charge in [0.15, 0.2) is 0 Å². The number of rotatable bonds is 5. The van der Waals surface area contributed by atoms with Crippen molar-refractivity contribution in [3.05, 3.63) is 44.6 Å². The van der Waals surface area contributed by atoms with Gasteiger partial charge in [0.1, 0.15) is 4.90 Å². The number of sulfonamides is 1. The summed E-state index contributed by atoms with van der Waals surface area (Å²) in [6.45, 7) is 9.74. The highest BCUT2D eigenvalue weighted by atomic mass is 32.2. The quantitative estimate of drug-likeness (QED) is 0.850. The predicted molar refractivity (Wildman–Crippen MR) is 98.5 cm³/mol. The van der Waals surface area contributed by atoms with Gasteiger partial charge in [-0.25, -0.2) is 8.42 Å². The van der Waals surface area contributed by atoms with Crippen molar-refractivity contribution < 1.29 is 13.2 Å². The monoisotopic (exact) mass is 366 g/mol. The van der Waals surface area contributed by atoms with Crippen molar-refractivity contribution in [2.75, 3.05) is 11.3 Å². The molecule has 0 spiro atoms. The van der Waals surface area contributed by atoms with Gasteiger partial charge in [0.25, 0.3) is 15.9 Å². The Morgan fingerprint density at radius 3 is 2.21 bits per heavy atom. The van der Waals surface area contributed by atoms with Crippen LogP contribution < -0.4 is 10.0 Å². The topological polar surface area (TPSA) is 75.3 Å². The largest absolute Gasteiger partial charge is 0.352 e. The zero-order valence-corrected chi connectivity index (χ0v) is 16.1. The van der Waals surface area contributed by atoms with Gasteiger partial charge in [-0.15, -0.1) is 11.3 Å². The van der Waals surface area contributed by atoms with Crippen LogP contribution in [0.4, 0.5) is 5.69 Å². The van der Waals surface area contributed by atoms with Crippen LogP contribution in [0, 0.1) is 27.7 Å². The lowest BCUT2D eigenvalue weighted by atomic mass is 10.1. The summed E-state index contributed by atoms with van der Waals surface area (Å²) < 4.78 is 28.2. The van der Waals surface area contributed by atoms with Crippen LogP contribution in [0.1, 0.15) is 38.2 Å². The summed E-state index contributed by atoms with van der Waals surface area (Å²) in [5.74, 6) is -0.255. The minimum Gasteiger partial charge on any atom is -0.352 e. The predicted octanol–water partition coefficient (Wildman–Crippen LogP) is 3.53. The number of thiophene rings is 1. The Morgan fingerprint density at radius 2 is 1.67 bits per heavy atom. The van der Waals surface area contributed by atoms with Crippen LogP contribution in [-0.4, -0.2) is 20.9 Å². The van der Waals surface area contributed by atoms with Crippen LogP contribution in [-0.2, 0) is 10.0 Å². The SMILES string of the molecule is CCNC(=O)c1cc(S(=O)(=O)Nc2c(C)cc(C)cc2C)c(C)s1. The van der Waals surface area contributed by atoms with E-state index < -0.39 is 10.0 Å². The van der Waals surface area contributed by atoms with Gasteiger partial charge in [-0.2, -0.15) is 0 Å². The molecule has 1 amide bonds. The van der Waals surface area contributed by atoms with Crippen LogP contribution in [0.25, 0.3) is 0 Å². The fourth-order valence-electron chi connectivity index (χ4n) is 2.62. The van der Waals surface area contributed by atoms with Gasteiger partial charge >= 0.3 is 0 Å². The second-order valence-electron chi connectivity index (χ2n) is 5.77. The maximum absolute atomic E-state index is 12.8. The minimum atomic E-state index is -3.75. The Bertz CT molecular complexity index is 860. The number of nitrogens with one attached hydrogen (secondary N) is 2. The number of hydrogen-bond acceptors (Lipinski definition) is 4. The molecule has 1 aromatic carbocycles. The molecule has 0 aliphatic heterocycles. The fourth-order valence-corrected chi connectivity index (χ4v) is 5.33. The van der Waals surface area contributed by atoms with Crippen molar-refractivity contribution in [1.29, 1.82) is 0 Å². The molecular formula is C17H22N2O3S2. The maximum atomic E-state index is 12.8. The number of aryl methyl sites for hydroxylation is 4. The zero-order chi connectivity index (χ0) is 18.1. The molecule has 2 N–H and O–H groups in total. The van der Waals surface area contributed by atoms with Crippen molar-refractivity contribution in [2.24, 2.45) is 0 Å². The second kappa shape index (κ2) is 6.94. The van der Waals surface area contributed by atoms with E-state index in [1.165, 1.54) is 17.4 Å². The van der Waals surface area contributed by atoms with E-state index in [9.17, 15) is 13.2 Å². The van der Waals surface area contributed by atoms with E-state index in [1.807, 2.05) is 39.8 Å². The first-order valence-corrected chi connectivity index (χ1v) is 9.95. The lowest BCUT2D eigenvalue weighted by molar-refractivity contribution is 0.0959. The van der Waals surface area contributed by atoms with Crippen LogP contribution in [0.5, 0.6) is 0 Å². The van der Waals surface area contributed by atoms with E-state index >= 15 is 0 Å². The first kappa shape index (κ1) is 18.5. The Hall–Kier alpha value is -1.86. The third-order valence-electron chi connectivity index (χ3n) is 3.64. The summed E-state index contributed by atoms with van der Waals surface area (Å²) in [5, 5.41) is 2.68. The summed E-state index contributed by atoms with van der Waals surface area (Å²) in [5.41, 5.74) is 3.41. The van der Waals surface area contributed by atoms with Gasteiger partial charge in [0, 0.05) is 11.4 Å². The second-order valence-corrected chi connectivity index (χ2v) is 8.68. The molecule has 0 atom stereocenters. The molecule has 2 rings (SSSR count). The lowest BCUT2D eigenvalue weighted by Crippen LogP contribution is -2.21. The number of amides is 1. The average molecular weight is 367 g/mol. The molecule has 0 fully saturated rings. The Balaban J connectivity index is 2.40. The Labute approximate surface area is 147 Å². The third kappa shape index (κ3) is 3.79. The molecule has 1 heterocycles. The van der Waals surface area contributed by atoms with Crippen LogP contribution in [0.3, 0.4) is 0 Å². The van der Waals surface area contributed by atoms with Gasteiger partial charge in [-0.3, -0.25) is 9.52 Å². The Kier molecular flexibility index (Phi) is 5.35. The standard InChI is InChI=1S/C17H22N2O3S2/c1-6-18-17(20)14-9-15(13(5)23-14)24(21,22)19-16-11(3)7-10(2)8-12(16)4/h7-9,19H,6H2,1-5H3,(H,18,20). The molecule has 1 aromatic heterocycles. The van der Waals surface area contributed by atoms with E-state index in [4.69, 9.17) is 0 Å². The van der Waals surface area contributed by atoms with Gasteiger partial charge in [-0.1, -0.05) is 17.7 Å². The molecule has 0 saturated heterocycles. The van der Waals surface area contributed by atoms with Crippen molar-refractivity contribution in [2.45, 2.75) is 39.5 Å². The summed E-state index contributed by atoms with van der Waals surface area (Å²) in [4.78, 5) is 13.1. The smallest absolute Gasteiger partial charge is 0.263 e. The molecule has 0 aliphatic rings. The first-order chi connectivity index (χ1) is 11.2. The highest BCUT2D eigenvalue weighted by Gasteiger charge is 2.23. The van der Waals surface area contributed by atoms with E-state index in [1.54, 1.807) is 6.92 Å². The number of carbonyl (C=O) groups excluding carboxylic acids is 1. The molecule has 0 radical (unpaired) electrons. The highest BCUT2D eigenvalue weighted by molar-refractivity contribution is 7.93. The summed E-state index contributed by atoms with van der Waals surface area (Å²) in [6.07, 6.45) is 0. The molecule has 7 heteroatoms. The van der Waals surface area contributed by atoms with Crippen molar-refractivity contribution in [3.8, 4) is 0 Å². The lowest BCUT2D eigenvalue weighted by Gasteiger charge is -2.14. The molecule has 0 bridgehead atoms. The molecule has 2 aromatic rings. The third-order valence-corrected chi connectivity index (χ3v) is 6.29. The molecule has 0 aliphatic carbocycles. The van der Waals surface area contributed by atoms with Crippen LogP contribution >= 0.6 is 11.3 Å². The van der Waals surface area contributed by atoms with Crippen LogP contribution in [0.2, 0.25) is 0 Å². The Morgan fingerprint density at radius 1 is 1.08 bits per heavy atom. The summed E-state index contributed by atoms with van der Waals surface area (Å²) in [7, 11) is -3.75. The summed E-state index contributed by atoms with van der Waals surface area (Å²) >= 11 is 1.18. The van der Waals surface area contributed by atoms with Gasteiger partial charge < -0.3 is 5.32 Å². The number of carbonyl (C=O) groups is 1. The molecule has 0 saturated carbocycles. The molecular weight excluding hydrogens is 344 g/mol. The van der Waals surface area contributed by atoms with E-state index in [-0.39, 0.29) is 10.8 Å². The van der Waals surface area contributed by atoms with Crippen molar-refractivity contribution in [1.82, 2.24) is 5.32 Å². The number of anilines is 1. The first-order valence-electron chi connectivity index (χ1n) is 7.65. The minimum absolute atomic E-state index is 0.146. The van der Waals surface area contributed by atoms with Crippen LogP contribution in [0.15, 0.2) is 23.1 Å². The zero-order valence-electron chi connectivity index (χ0n) is 14.5. The number of hydrogen-bond donors (Lipinski definition) is 2. The van der Waals surface area contributed by atoms with Crippen molar-refractivity contribution in [3.63, 3.8) is 0 Å². The van der Waals surface area contributed by atoms with E-state index in [2.05, 4.69) is 10.0 Å². The molecule has 0 unspecified atom stereocenters. The summed E-state index contributed by atoms with van der Waals surface area (Å²) in [6, 6.07) is 5.31. The van der Waals surface area contributed by atoms with Gasteiger partial charge in [0.05, 0.1) is 10.6 Å². The van der Waals surface area contributed by atoms with Gasteiger partial charge in [-0.05, 0) is 51.8 Å². The average Bonchev–Trinajstić information content (AvgIpc) is 2.86. The molecule has 5 nitrogen and oxygen atoms in total. The maximum Gasteiger partial charge on any atom is 0.263 e. The van der Waals surface area contributed by atoms with E-state index in [0.717, 1.165) is 16.7 Å².